The summed E-state index contributed by atoms with van der Waals surface area (Å²) in [6.07, 6.45) is -5.89. The van der Waals surface area contributed by atoms with Gasteiger partial charge in [-0.3, -0.25) is 9.59 Å². The van der Waals surface area contributed by atoms with Crippen LogP contribution < -0.4 is 5.73 Å². The van der Waals surface area contributed by atoms with E-state index in [1.54, 1.807) is 18.2 Å². The van der Waals surface area contributed by atoms with Crippen molar-refractivity contribution in [2.75, 3.05) is 18.8 Å². The molecule has 0 aliphatic carbocycles. The molecule has 5 rings (SSSR count). The maximum atomic E-state index is 14.0. The molecule has 0 radical (unpaired) electrons. The Morgan fingerprint density at radius 1 is 1.02 bits per heavy atom. The predicted octanol–water partition coefficient (Wildman–Crippen LogP) is 6.45. The fourth-order valence-corrected chi connectivity index (χ4v) is 4.93. The van der Waals surface area contributed by atoms with Crippen LogP contribution in [0.25, 0.3) is 28.2 Å². The second kappa shape index (κ2) is 11.5. The molecule has 44 heavy (non-hydrogen) atoms. The number of rotatable bonds is 7. The van der Waals surface area contributed by atoms with Gasteiger partial charge in [0.25, 0.3) is 5.91 Å². The Morgan fingerprint density at radius 3 is 2.36 bits per heavy atom. The third-order valence-electron chi connectivity index (χ3n) is 7.39. The first kappa shape index (κ1) is 30.8. The van der Waals surface area contributed by atoms with E-state index in [1.165, 1.54) is 48.7 Å². The summed E-state index contributed by atoms with van der Waals surface area (Å²) >= 11 is 0. The van der Waals surface area contributed by atoms with Gasteiger partial charge in [0.05, 0.1) is 12.1 Å². The quantitative estimate of drug-likeness (QED) is 0.182. The normalized spacial score (nSPS) is 17.6. The van der Waals surface area contributed by atoms with Gasteiger partial charge >= 0.3 is 12.4 Å². The lowest BCUT2D eigenvalue weighted by atomic mass is 9.99. The lowest BCUT2D eigenvalue weighted by Gasteiger charge is -2.25. The van der Waals surface area contributed by atoms with Crippen LogP contribution in [0.5, 0.6) is 0 Å². The number of aryl methyl sites for hydroxylation is 1. The van der Waals surface area contributed by atoms with Crippen LogP contribution in [0.4, 0.5) is 32.2 Å². The molecule has 1 unspecified atom stereocenters. The van der Waals surface area contributed by atoms with Gasteiger partial charge in [0.1, 0.15) is 17.2 Å². The van der Waals surface area contributed by atoms with Gasteiger partial charge in [0.2, 0.25) is 0 Å². The highest BCUT2D eigenvalue weighted by Crippen LogP contribution is 2.40. The summed E-state index contributed by atoms with van der Waals surface area (Å²) in [5.74, 6) is -0.497. The van der Waals surface area contributed by atoms with Crippen molar-refractivity contribution in [2.45, 2.75) is 37.2 Å². The van der Waals surface area contributed by atoms with Crippen LogP contribution in [-0.4, -0.2) is 51.5 Å². The summed E-state index contributed by atoms with van der Waals surface area (Å²) in [5.41, 5.74) is 2.29. The summed E-state index contributed by atoms with van der Waals surface area (Å²) in [5, 5.41) is 10.0. The number of benzene rings is 2. The predicted molar refractivity (Wildman–Crippen MR) is 149 cm³/mol. The third kappa shape index (κ3) is 6.47. The number of halogens is 6. The van der Waals surface area contributed by atoms with Gasteiger partial charge in [-0.2, -0.15) is 26.3 Å². The number of β-amino-alcohol motifs (C(OH)–C–C–N with tert-alkyl or cyclic N) is 1. The first-order chi connectivity index (χ1) is 20.6. The number of amides is 1. The number of carbonyl (C=O) groups is 2. The number of carbonyl (C=O) groups excluding carboxylic acids is 2. The minimum Gasteiger partial charge on any atom is -0.460 e. The number of alkyl halides is 6. The zero-order chi connectivity index (χ0) is 31.9. The summed E-state index contributed by atoms with van der Waals surface area (Å²) in [6, 6.07) is 12.5. The van der Waals surface area contributed by atoms with Crippen LogP contribution in [-0.2, 0) is 17.4 Å². The zero-order valence-corrected chi connectivity index (χ0v) is 22.9. The van der Waals surface area contributed by atoms with Crippen molar-refractivity contribution in [3.05, 3.63) is 89.3 Å². The molecular weight excluding hydrogens is 592 g/mol. The van der Waals surface area contributed by atoms with Gasteiger partial charge in [0.15, 0.2) is 11.4 Å². The average molecular weight is 618 g/mol. The minimum atomic E-state index is -4.89. The summed E-state index contributed by atoms with van der Waals surface area (Å²) < 4.78 is 87.0. The van der Waals surface area contributed by atoms with E-state index in [0.29, 0.717) is 16.9 Å². The average Bonchev–Trinajstić information content (AvgIpc) is 3.58. The number of hydrogen-bond donors (Lipinski definition) is 2. The van der Waals surface area contributed by atoms with Crippen LogP contribution in [0, 0.1) is 0 Å². The van der Waals surface area contributed by atoms with E-state index in [4.69, 9.17) is 10.2 Å². The number of allylic oxidation sites excluding steroid dienone is 1. The number of nitrogens with zero attached hydrogens (tertiary/aromatic N) is 2. The maximum absolute atomic E-state index is 14.0. The van der Waals surface area contributed by atoms with Crippen molar-refractivity contribution in [3.8, 4) is 11.1 Å². The molecule has 2 aromatic heterocycles. The molecule has 0 spiro atoms. The highest BCUT2D eigenvalue weighted by atomic mass is 19.4. The van der Waals surface area contributed by atoms with Gasteiger partial charge in [-0.15, -0.1) is 0 Å². The van der Waals surface area contributed by atoms with Gasteiger partial charge in [-0.25, -0.2) is 4.98 Å². The van der Waals surface area contributed by atoms with Gasteiger partial charge in [0, 0.05) is 43.0 Å². The number of hydrogen-bond acceptors (Lipinski definition) is 6. The number of nitrogens with two attached hydrogens (primary N) is 1. The minimum absolute atomic E-state index is 0.0141. The molecule has 3 heterocycles. The lowest BCUT2D eigenvalue weighted by molar-refractivity contribution is -0.253. The number of fused-ring (bicyclic) bond motifs is 1. The zero-order valence-electron chi connectivity index (χ0n) is 22.9. The van der Waals surface area contributed by atoms with E-state index >= 15 is 0 Å². The number of ketones is 1. The Morgan fingerprint density at radius 2 is 1.75 bits per heavy atom. The fourth-order valence-electron chi connectivity index (χ4n) is 4.93. The van der Waals surface area contributed by atoms with E-state index in [2.05, 4.69) is 4.98 Å². The van der Waals surface area contributed by atoms with E-state index < -0.39 is 42.4 Å². The van der Waals surface area contributed by atoms with E-state index in [1.807, 2.05) is 0 Å². The summed E-state index contributed by atoms with van der Waals surface area (Å²) in [4.78, 5) is 29.9. The smallest absolute Gasteiger partial charge is 0.420 e. The van der Waals surface area contributed by atoms with Crippen LogP contribution in [0.1, 0.15) is 40.1 Å². The SMILES string of the molecule is Nc1ccc(/C=C/C(=O)CCc2cc3cc(-c4ccc(C(=O)N5CCC(O)(C(F)(F)F)C5)cc4)cc(C(F)(F)F)c3o2)cn1. The second-order valence-electron chi connectivity index (χ2n) is 10.6. The number of nitrogen functional groups attached to an aromatic ring is 1. The van der Waals surface area contributed by atoms with E-state index in [0.717, 1.165) is 11.0 Å². The Labute approximate surface area is 246 Å². The van der Waals surface area contributed by atoms with Crippen molar-refractivity contribution in [2.24, 2.45) is 0 Å². The molecule has 1 aliphatic heterocycles. The molecule has 4 aromatic rings. The molecule has 1 atom stereocenters. The highest BCUT2D eigenvalue weighted by Gasteiger charge is 2.57. The molecule has 230 valence electrons. The standard InChI is InChI=1S/C31H25F6N3O4/c32-30(33,34)25-15-21(19-3-5-20(6-4-19)28(42)40-12-11-29(43,17-40)31(35,36)37)13-22-14-24(44-27(22)25)9-8-23(41)7-1-18-2-10-26(38)39-16-18/h1-7,10,13-16,43H,8-9,11-12,17H2,(H2,38,39)/b7-1+. The number of pyridine rings is 1. The molecule has 7 nitrogen and oxygen atoms in total. The Balaban J connectivity index is 1.33. The van der Waals surface area contributed by atoms with Crippen LogP contribution in [0.15, 0.2) is 71.3 Å². The molecule has 1 fully saturated rings. The Kier molecular flexibility index (Phi) is 8.02. The highest BCUT2D eigenvalue weighted by molar-refractivity contribution is 5.96. The first-order valence-electron chi connectivity index (χ1n) is 13.4. The summed E-state index contributed by atoms with van der Waals surface area (Å²) in [7, 11) is 0. The first-order valence-corrected chi connectivity index (χ1v) is 13.4. The molecule has 1 aliphatic rings. The van der Waals surface area contributed by atoms with Crippen molar-refractivity contribution >= 4 is 34.6 Å². The van der Waals surface area contributed by atoms with Crippen LogP contribution in [0.2, 0.25) is 0 Å². The Hall–Kier alpha value is -4.65. The summed E-state index contributed by atoms with van der Waals surface area (Å²) in [6.45, 7) is -1.21. The number of aliphatic hydroxyl groups is 1. The van der Waals surface area contributed by atoms with Gasteiger partial charge in [-0.1, -0.05) is 12.1 Å². The molecule has 0 saturated carbocycles. The van der Waals surface area contributed by atoms with Gasteiger partial charge < -0.3 is 20.2 Å². The fraction of sp³-hybridized carbons (Fsp3) is 0.258. The largest absolute Gasteiger partial charge is 0.460 e. The lowest BCUT2D eigenvalue weighted by Crippen LogP contribution is -2.48. The van der Waals surface area contributed by atoms with Crippen LogP contribution >= 0.6 is 0 Å². The van der Waals surface area contributed by atoms with E-state index in [9.17, 15) is 41.0 Å². The van der Waals surface area contributed by atoms with Crippen molar-refractivity contribution in [1.82, 2.24) is 9.88 Å². The van der Waals surface area contributed by atoms with Crippen molar-refractivity contribution < 1.29 is 45.5 Å². The van der Waals surface area contributed by atoms with Crippen molar-refractivity contribution in [3.63, 3.8) is 0 Å². The molecular formula is C31H25F6N3O4. The molecule has 3 N–H and O–H groups in total. The monoisotopic (exact) mass is 617 g/mol. The second-order valence-corrected chi connectivity index (χ2v) is 10.6. The topological polar surface area (TPSA) is 110 Å². The number of anilines is 1. The number of likely N-dealkylation sites (tertiary alicyclic amines) is 1. The van der Waals surface area contributed by atoms with E-state index in [-0.39, 0.29) is 53.0 Å². The molecule has 0 bridgehead atoms. The molecule has 2 aromatic carbocycles. The van der Waals surface area contributed by atoms with Gasteiger partial charge in [-0.05, 0) is 71.3 Å². The van der Waals surface area contributed by atoms with Crippen molar-refractivity contribution in [1.29, 1.82) is 0 Å². The third-order valence-corrected chi connectivity index (χ3v) is 7.39. The number of furan rings is 1. The number of aromatic nitrogens is 1. The van der Waals surface area contributed by atoms with Crippen LogP contribution in [0.3, 0.4) is 0 Å². The Bertz CT molecular complexity index is 1730. The maximum Gasteiger partial charge on any atom is 0.420 e. The molecule has 1 amide bonds. The molecule has 1 saturated heterocycles. The molecule has 13 heteroatoms.